The van der Waals surface area contributed by atoms with E-state index >= 15 is 0 Å². The lowest BCUT2D eigenvalue weighted by atomic mass is 9.92. The van der Waals surface area contributed by atoms with E-state index in [1.807, 2.05) is 18.7 Å². The quantitative estimate of drug-likeness (QED) is 0.782. The second-order valence-electron chi connectivity index (χ2n) is 5.37. The molecule has 2 aromatic rings. The lowest BCUT2D eigenvalue weighted by Crippen LogP contribution is -2.03. The van der Waals surface area contributed by atoms with Crippen molar-refractivity contribution in [3.8, 4) is 11.6 Å². The van der Waals surface area contributed by atoms with Gasteiger partial charge in [0.25, 0.3) is 0 Å². The van der Waals surface area contributed by atoms with Crippen molar-refractivity contribution in [3.05, 3.63) is 40.6 Å². The van der Waals surface area contributed by atoms with Crippen molar-refractivity contribution in [3.63, 3.8) is 0 Å². The molecule has 0 unspecified atom stereocenters. The number of fused-ring (bicyclic) bond motifs is 1. The van der Waals surface area contributed by atoms with Crippen LogP contribution >= 0.6 is 15.9 Å². The van der Waals surface area contributed by atoms with Crippen LogP contribution in [0.4, 0.5) is 0 Å². The van der Waals surface area contributed by atoms with Crippen LogP contribution < -0.4 is 4.74 Å². The van der Waals surface area contributed by atoms with Crippen LogP contribution in [0.15, 0.2) is 18.2 Å². The molecule has 0 aliphatic heterocycles. The van der Waals surface area contributed by atoms with Crippen LogP contribution in [0.3, 0.4) is 0 Å². The molecular formula is C16H19BrN2O. The van der Waals surface area contributed by atoms with E-state index in [1.165, 1.54) is 36.8 Å². The van der Waals surface area contributed by atoms with E-state index in [-0.39, 0.29) is 0 Å². The zero-order valence-corrected chi connectivity index (χ0v) is 13.5. The Morgan fingerprint density at radius 3 is 2.75 bits per heavy atom. The minimum absolute atomic E-state index is 0.757. The summed E-state index contributed by atoms with van der Waals surface area (Å²) in [5.74, 6) is 1.74. The molecule has 1 aromatic heterocycles. The summed E-state index contributed by atoms with van der Waals surface area (Å²) in [5, 5.41) is 5.18. The number of benzene rings is 1. The first-order valence-electron chi connectivity index (χ1n) is 7.07. The van der Waals surface area contributed by atoms with Gasteiger partial charge in [0.15, 0.2) is 0 Å². The highest BCUT2D eigenvalue weighted by Crippen LogP contribution is 2.31. The Balaban J connectivity index is 1.91. The maximum atomic E-state index is 6.09. The predicted octanol–water partition coefficient (Wildman–Crippen LogP) is 4.29. The molecule has 0 N–H and O–H groups in total. The molecule has 0 saturated carbocycles. The van der Waals surface area contributed by atoms with E-state index < -0.39 is 0 Å². The number of alkyl halides is 1. The number of rotatable bonds is 3. The van der Waals surface area contributed by atoms with E-state index in [1.54, 1.807) is 0 Å². The molecule has 3 nitrogen and oxygen atoms in total. The summed E-state index contributed by atoms with van der Waals surface area (Å²) >= 11 is 3.51. The molecule has 0 saturated heterocycles. The number of halogens is 1. The molecular weight excluding hydrogens is 316 g/mol. The molecule has 4 heteroatoms. The molecule has 0 spiro atoms. The van der Waals surface area contributed by atoms with Crippen molar-refractivity contribution < 1.29 is 4.74 Å². The molecule has 0 bridgehead atoms. The maximum Gasteiger partial charge on any atom is 0.221 e. The predicted molar refractivity (Wildman–Crippen MR) is 83.7 cm³/mol. The molecule has 0 amide bonds. The van der Waals surface area contributed by atoms with Crippen molar-refractivity contribution in [1.29, 1.82) is 0 Å². The largest absolute Gasteiger partial charge is 0.439 e. The Kier molecular flexibility index (Phi) is 3.83. The van der Waals surface area contributed by atoms with E-state index in [2.05, 4.69) is 39.2 Å². The first-order chi connectivity index (χ1) is 9.69. The third-order valence-corrected chi connectivity index (χ3v) is 4.52. The van der Waals surface area contributed by atoms with E-state index in [0.29, 0.717) is 0 Å². The standard InChI is InChI=1S/C16H19BrN2O/c1-11-15(10-17)16(19(2)18-11)20-14-8-7-12-5-3-4-6-13(12)9-14/h7-9H,3-6,10H2,1-2H3. The van der Waals surface area contributed by atoms with Gasteiger partial charge in [0.2, 0.25) is 5.88 Å². The second kappa shape index (κ2) is 5.60. The van der Waals surface area contributed by atoms with Gasteiger partial charge in [-0.3, -0.25) is 0 Å². The smallest absolute Gasteiger partial charge is 0.221 e. The average molecular weight is 335 g/mol. The summed E-state index contributed by atoms with van der Waals surface area (Å²) in [6, 6.07) is 6.47. The van der Waals surface area contributed by atoms with E-state index in [4.69, 9.17) is 4.74 Å². The Morgan fingerprint density at radius 2 is 2.00 bits per heavy atom. The van der Waals surface area contributed by atoms with Crippen LogP contribution in [0, 0.1) is 6.92 Å². The van der Waals surface area contributed by atoms with Crippen molar-refractivity contribution in [2.45, 2.75) is 37.9 Å². The Bertz CT molecular complexity index is 634. The summed E-state index contributed by atoms with van der Waals surface area (Å²) in [5.41, 5.74) is 5.04. The lowest BCUT2D eigenvalue weighted by molar-refractivity contribution is 0.426. The molecule has 1 heterocycles. The van der Waals surface area contributed by atoms with Gasteiger partial charge in [0.05, 0.1) is 5.69 Å². The molecule has 0 fully saturated rings. The van der Waals surface area contributed by atoms with Gasteiger partial charge in [0.1, 0.15) is 5.75 Å². The van der Waals surface area contributed by atoms with Crippen LogP contribution in [0.5, 0.6) is 11.6 Å². The Labute approximate surface area is 128 Å². The molecule has 20 heavy (non-hydrogen) atoms. The Hall–Kier alpha value is -1.29. The van der Waals surface area contributed by atoms with Crippen LogP contribution in [0.2, 0.25) is 0 Å². The van der Waals surface area contributed by atoms with Gasteiger partial charge in [-0.2, -0.15) is 5.10 Å². The minimum Gasteiger partial charge on any atom is -0.439 e. The van der Waals surface area contributed by atoms with Crippen molar-refractivity contribution in [2.24, 2.45) is 7.05 Å². The van der Waals surface area contributed by atoms with Gasteiger partial charge in [-0.1, -0.05) is 22.0 Å². The van der Waals surface area contributed by atoms with E-state index in [0.717, 1.165) is 28.2 Å². The van der Waals surface area contributed by atoms with Crippen LogP contribution in [-0.4, -0.2) is 9.78 Å². The minimum atomic E-state index is 0.757. The van der Waals surface area contributed by atoms with Crippen molar-refractivity contribution in [2.75, 3.05) is 0 Å². The van der Waals surface area contributed by atoms with Crippen molar-refractivity contribution >= 4 is 15.9 Å². The fourth-order valence-electron chi connectivity index (χ4n) is 2.85. The first kappa shape index (κ1) is 13.7. The third kappa shape index (κ3) is 2.49. The SMILES string of the molecule is Cc1nn(C)c(Oc2ccc3c(c2)CCCC3)c1CBr. The highest BCUT2D eigenvalue weighted by molar-refractivity contribution is 9.08. The fourth-order valence-corrected chi connectivity index (χ4v) is 3.49. The molecule has 0 atom stereocenters. The van der Waals surface area contributed by atoms with Gasteiger partial charge in [-0.15, -0.1) is 0 Å². The normalized spacial score (nSPS) is 14.2. The number of aryl methyl sites for hydroxylation is 4. The summed E-state index contributed by atoms with van der Waals surface area (Å²) in [6.45, 7) is 2.01. The number of ether oxygens (including phenoxy) is 1. The highest BCUT2D eigenvalue weighted by atomic mass is 79.9. The summed E-state index contributed by atoms with van der Waals surface area (Å²) in [6.07, 6.45) is 4.96. The number of hydrogen-bond donors (Lipinski definition) is 0. The molecule has 3 rings (SSSR count). The second-order valence-corrected chi connectivity index (χ2v) is 5.93. The van der Waals surface area contributed by atoms with E-state index in [9.17, 15) is 0 Å². The van der Waals surface area contributed by atoms with Gasteiger partial charge in [-0.05, 0) is 55.9 Å². The van der Waals surface area contributed by atoms with Gasteiger partial charge in [0, 0.05) is 17.9 Å². The summed E-state index contributed by atoms with van der Waals surface area (Å²) in [4.78, 5) is 0. The van der Waals surface area contributed by atoms with Gasteiger partial charge >= 0.3 is 0 Å². The molecule has 0 radical (unpaired) electrons. The zero-order chi connectivity index (χ0) is 14.1. The average Bonchev–Trinajstić information content (AvgIpc) is 2.72. The van der Waals surface area contributed by atoms with Crippen LogP contribution in [0.25, 0.3) is 0 Å². The molecule has 1 aromatic carbocycles. The number of aromatic nitrogens is 2. The zero-order valence-electron chi connectivity index (χ0n) is 11.9. The molecule has 1 aliphatic rings. The summed E-state index contributed by atoms with van der Waals surface area (Å²) in [7, 11) is 1.92. The monoisotopic (exact) mass is 334 g/mol. The van der Waals surface area contributed by atoms with Gasteiger partial charge < -0.3 is 4.74 Å². The third-order valence-electron chi connectivity index (χ3n) is 3.96. The molecule has 1 aliphatic carbocycles. The van der Waals surface area contributed by atoms with Crippen LogP contribution in [0.1, 0.15) is 35.2 Å². The topological polar surface area (TPSA) is 27.1 Å². The highest BCUT2D eigenvalue weighted by Gasteiger charge is 2.16. The fraction of sp³-hybridized carbons (Fsp3) is 0.438. The lowest BCUT2D eigenvalue weighted by Gasteiger charge is -2.17. The molecule has 106 valence electrons. The van der Waals surface area contributed by atoms with Crippen molar-refractivity contribution in [1.82, 2.24) is 9.78 Å². The maximum absolute atomic E-state index is 6.09. The van der Waals surface area contributed by atoms with Crippen LogP contribution in [-0.2, 0) is 25.2 Å². The number of nitrogens with zero attached hydrogens (tertiary/aromatic N) is 2. The summed E-state index contributed by atoms with van der Waals surface area (Å²) < 4.78 is 7.90. The Morgan fingerprint density at radius 1 is 1.25 bits per heavy atom. The van der Waals surface area contributed by atoms with Gasteiger partial charge in [-0.25, -0.2) is 4.68 Å². The first-order valence-corrected chi connectivity index (χ1v) is 8.19. The number of hydrogen-bond acceptors (Lipinski definition) is 2.